The number of hydrogen-bond donors (Lipinski definition) is 0. The van der Waals surface area contributed by atoms with Crippen LogP contribution >= 0.6 is 0 Å². The third-order valence-electron chi connectivity index (χ3n) is 3.24. The van der Waals surface area contributed by atoms with Crippen molar-refractivity contribution in [2.45, 2.75) is 6.04 Å². The summed E-state index contributed by atoms with van der Waals surface area (Å²) in [5.41, 5.74) is 2.11. The molecule has 0 fully saturated rings. The van der Waals surface area contributed by atoms with Gasteiger partial charge in [-0.2, -0.15) is 0 Å². The first-order chi connectivity index (χ1) is 7.77. The predicted octanol–water partition coefficient (Wildman–Crippen LogP) is 1.79. The molecule has 0 spiro atoms. The maximum Gasteiger partial charge on any atom is 0.246 e. The SMILES string of the molecule is CN1C(=O)C=C[C@@H]2C=Cc3cccnc3[C@H]21. The van der Waals surface area contributed by atoms with Crippen molar-refractivity contribution < 1.29 is 4.79 Å². The second-order valence-corrected chi connectivity index (χ2v) is 4.17. The summed E-state index contributed by atoms with van der Waals surface area (Å²) < 4.78 is 0. The van der Waals surface area contributed by atoms with Crippen molar-refractivity contribution in [1.29, 1.82) is 0 Å². The summed E-state index contributed by atoms with van der Waals surface area (Å²) in [6, 6.07) is 4.01. The molecule has 2 heterocycles. The zero-order valence-electron chi connectivity index (χ0n) is 9.00. The number of aromatic nitrogens is 1. The molecule has 1 aliphatic carbocycles. The highest BCUT2D eigenvalue weighted by molar-refractivity contribution is 5.89. The number of nitrogens with zero attached hydrogens (tertiary/aromatic N) is 2. The van der Waals surface area contributed by atoms with Gasteiger partial charge in [-0.3, -0.25) is 9.78 Å². The predicted molar refractivity (Wildman–Crippen MR) is 61.4 cm³/mol. The van der Waals surface area contributed by atoms with Gasteiger partial charge in [0, 0.05) is 19.2 Å². The van der Waals surface area contributed by atoms with Crippen LogP contribution in [0.15, 0.2) is 36.6 Å². The number of amides is 1. The minimum Gasteiger partial charge on any atom is -0.333 e. The fourth-order valence-electron chi connectivity index (χ4n) is 2.38. The number of pyridine rings is 1. The van der Waals surface area contributed by atoms with E-state index in [4.69, 9.17) is 0 Å². The Morgan fingerprint density at radius 2 is 2.12 bits per heavy atom. The molecule has 0 unspecified atom stereocenters. The van der Waals surface area contributed by atoms with Crippen LogP contribution < -0.4 is 0 Å². The van der Waals surface area contributed by atoms with Crippen LogP contribution in [0.5, 0.6) is 0 Å². The maximum atomic E-state index is 11.6. The lowest BCUT2D eigenvalue weighted by molar-refractivity contribution is -0.128. The fourth-order valence-corrected chi connectivity index (χ4v) is 2.38. The summed E-state index contributed by atoms with van der Waals surface area (Å²) in [5, 5.41) is 0. The molecular weight excluding hydrogens is 200 g/mol. The van der Waals surface area contributed by atoms with E-state index in [0.29, 0.717) is 0 Å². The molecule has 0 radical (unpaired) electrons. The van der Waals surface area contributed by atoms with E-state index in [2.05, 4.69) is 17.1 Å². The monoisotopic (exact) mass is 212 g/mol. The summed E-state index contributed by atoms with van der Waals surface area (Å²) in [6.07, 6.45) is 9.60. The number of hydrogen-bond acceptors (Lipinski definition) is 2. The molecule has 0 aromatic carbocycles. The summed E-state index contributed by atoms with van der Waals surface area (Å²) in [4.78, 5) is 17.8. The van der Waals surface area contributed by atoms with E-state index in [-0.39, 0.29) is 17.9 Å². The average Bonchev–Trinajstić information content (AvgIpc) is 2.33. The van der Waals surface area contributed by atoms with Gasteiger partial charge < -0.3 is 4.90 Å². The lowest BCUT2D eigenvalue weighted by Gasteiger charge is -2.36. The smallest absolute Gasteiger partial charge is 0.246 e. The lowest BCUT2D eigenvalue weighted by Crippen LogP contribution is -2.38. The molecule has 0 saturated heterocycles. The Labute approximate surface area is 94.1 Å². The average molecular weight is 212 g/mol. The van der Waals surface area contributed by atoms with Crippen LogP contribution in [0.2, 0.25) is 0 Å². The van der Waals surface area contributed by atoms with E-state index in [1.54, 1.807) is 17.2 Å². The van der Waals surface area contributed by atoms with Crippen molar-refractivity contribution >= 4 is 12.0 Å². The number of carbonyl (C=O) groups is 1. The Bertz CT molecular complexity index is 504. The zero-order chi connectivity index (χ0) is 11.1. The van der Waals surface area contributed by atoms with Gasteiger partial charge in [0.2, 0.25) is 5.91 Å². The molecule has 2 atom stereocenters. The normalized spacial score (nSPS) is 26.6. The Morgan fingerprint density at radius 3 is 3.00 bits per heavy atom. The highest BCUT2D eigenvalue weighted by Crippen LogP contribution is 2.37. The Hall–Kier alpha value is -1.90. The Morgan fingerprint density at radius 1 is 1.31 bits per heavy atom. The molecule has 3 heteroatoms. The van der Waals surface area contributed by atoms with Gasteiger partial charge >= 0.3 is 0 Å². The molecular formula is C13H12N2O. The van der Waals surface area contributed by atoms with Crippen LogP contribution in [-0.2, 0) is 4.79 Å². The van der Waals surface area contributed by atoms with Crippen molar-refractivity contribution in [3.63, 3.8) is 0 Å². The van der Waals surface area contributed by atoms with E-state index in [9.17, 15) is 4.79 Å². The lowest BCUT2D eigenvalue weighted by atomic mass is 9.85. The van der Waals surface area contributed by atoms with Crippen molar-refractivity contribution in [3.8, 4) is 0 Å². The van der Waals surface area contributed by atoms with Crippen LogP contribution in [0.25, 0.3) is 6.08 Å². The van der Waals surface area contributed by atoms with E-state index in [0.717, 1.165) is 11.3 Å². The molecule has 1 aromatic heterocycles. The molecule has 0 bridgehead atoms. The molecule has 3 nitrogen and oxygen atoms in total. The van der Waals surface area contributed by atoms with E-state index < -0.39 is 0 Å². The zero-order valence-corrected chi connectivity index (χ0v) is 9.00. The fraction of sp³-hybridized carbons (Fsp3) is 0.231. The minimum absolute atomic E-state index is 0.0492. The Balaban J connectivity index is 2.15. The van der Waals surface area contributed by atoms with E-state index in [1.807, 2.05) is 25.3 Å². The highest BCUT2D eigenvalue weighted by Gasteiger charge is 2.33. The minimum atomic E-state index is 0.0492. The summed E-state index contributed by atoms with van der Waals surface area (Å²) in [7, 11) is 1.83. The molecule has 2 aliphatic rings. The highest BCUT2D eigenvalue weighted by atomic mass is 16.2. The summed E-state index contributed by atoms with van der Waals surface area (Å²) in [6.45, 7) is 0. The Kier molecular flexibility index (Phi) is 1.93. The molecule has 1 aliphatic heterocycles. The first kappa shape index (κ1) is 9.33. The number of rotatable bonds is 0. The molecule has 16 heavy (non-hydrogen) atoms. The van der Waals surface area contributed by atoms with Crippen molar-refractivity contribution in [3.05, 3.63) is 47.8 Å². The largest absolute Gasteiger partial charge is 0.333 e. The van der Waals surface area contributed by atoms with Crippen LogP contribution in [0, 0.1) is 5.92 Å². The first-order valence-corrected chi connectivity index (χ1v) is 5.35. The topological polar surface area (TPSA) is 33.2 Å². The van der Waals surface area contributed by atoms with Crippen LogP contribution in [0.4, 0.5) is 0 Å². The van der Waals surface area contributed by atoms with Crippen LogP contribution in [0.1, 0.15) is 17.3 Å². The van der Waals surface area contributed by atoms with Gasteiger partial charge in [0.15, 0.2) is 0 Å². The van der Waals surface area contributed by atoms with E-state index in [1.165, 1.54) is 0 Å². The number of carbonyl (C=O) groups excluding carboxylic acids is 1. The molecule has 80 valence electrons. The van der Waals surface area contributed by atoms with Crippen LogP contribution in [0.3, 0.4) is 0 Å². The van der Waals surface area contributed by atoms with Gasteiger partial charge in [-0.25, -0.2) is 0 Å². The third kappa shape index (κ3) is 1.21. The molecule has 0 saturated carbocycles. The molecule has 1 aromatic rings. The van der Waals surface area contributed by atoms with Crippen molar-refractivity contribution in [2.75, 3.05) is 7.05 Å². The summed E-state index contributed by atoms with van der Waals surface area (Å²) >= 11 is 0. The molecule has 0 N–H and O–H groups in total. The van der Waals surface area contributed by atoms with Gasteiger partial charge in [-0.15, -0.1) is 0 Å². The van der Waals surface area contributed by atoms with Gasteiger partial charge in [0.05, 0.1) is 11.7 Å². The first-order valence-electron chi connectivity index (χ1n) is 5.35. The standard InChI is InChI=1S/C13H12N2O/c1-15-11(16)7-6-10-5-4-9-3-2-8-14-12(9)13(10)15/h2-8,10,13H,1H3/t10-,13-/m0/s1. The van der Waals surface area contributed by atoms with Crippen molar-refractivity contribution in [2.24, 2.45) is 5.92 Å². The molecule has 3 rings (SSSR count). The van der Waals surface area contributed by atoms with Gasteiger partial charge in [-0.1, -0.05) is 24.3 Å². The summed E-state index contributed by atoms with van der Waals surface area (Å²) in [5.74, 6) is 0.304. The molecule has 1 amide bonds. The van der Waals surface area contributed by atoms with E-state index >= 15 is 0 Å². The number of fused-ring (bicyclic) bond motifs is 3. The maximum absolute atomic E-state index is 11.6. The second-order valence-electron chi connectivity index (χ2n) is 4.17. The van der Waals surface area contributed by atoms with Gasteiger partial charge in [0.1, 0.15) is 0 Å². The van der Waals surface area contributed by atoms with Crippen LogP contribution in [-0.4, -0.2) is 22.8 Å². The third-order valence-corrected chi connectivity index (χ3v) is 3.24. The number of likely N-dealkylation sites (N-methyl/N-ethyl adjacent to an activating group) is 1. The quantitative estimate of drug-likeness (QED) is 0.657. The van der Waals surface area contributed by atoms with Gasteiger partial charge in [0.25, 0.3) is 0 Å². The second kappa shape index (κ2) is 3.30. The van der Waals surface area contributed by atoms with Gasteiger partial charge in [-0.05, 0) is 17.7 Å². The van der Waals surface area contributed by atoms with Crippen molar-refractivity contribution in [1.82, 2.24) is 9.88 Å².